The van der Waals surface area contributed by atoms with E-state index in [2.05, 4.69) is 0 Å². The van der Waals surface area contributed by atoms with Gasteiger partial charge in [-0.05, 0) is 25.1 Å². The summed E-state index contributed by atoms with van der Waals surface area (Å²) in [7, 11) is 3.17. The van der Waals surface area contributed by atoms with Gasteiger partial charge in [-0.15, -0.1) is 0 Å². The number of methoxy groups -OCH3 is 2. The van der Waals surface area contributed by atoms with E-state index in [9.17, 15) is 5.11 Å². The molecule has 0 fully saturated rings. The molecule has 1 aromatic carbocycles. The lowest BCUT2D eigenvalue weighted by molar-refractivity contribution is 0.0192. The second-order valence-corrected chi connectivity index (χ2v) is 4.30. The Morgan fingerprint density at radius 2 is 2.06 bits per heavy atom. The fraction of sp³-hybridized carbons (Fsp3) is 0.500. The Labute approximate surface area is 101 Å². The first-order valence-electron chi connectivity index (χ1n) is 5.06. The van der Waals surface area contributed by atoms with Gasteiger partial charge in [0.25, 0.3) is 0 Å². The summed E-state index contributed by atoms with van der Waals surface area (Å²) >= 11 is 5.92. The van der Waals surface area contributed by atoms with E-state index in [0.717, 1.165) is 0 Å². The summed E-state index contributed by atoms with van der Waals surface area (Å²) in [6.45, 7) is 2.20. The molecule has 1 unspecified atom stereocenters. The van der Waals surface area contributed by atoms with Crippen molar-refractivity contribution in [3.8, 4) is 5.75 Å². The number of hydrogen-bond donors (Lipinski definition) is 1. The van der Waals surface area contributed by atoms with Crippen LogP contribution in [0, 0.1) is 0 Å². The van der Waals surface area contributed by atoms with E-state index < -0.39 is 5.60 Å². The minimum atomic E-state index is -1.01. The Hall–Kier alpha value is -0.770. The molecule has 0 bridgehead atoms. The van der Waals surface area contributed by atoms with Crippen LogP contribution in [0.1, 0.15) is 18.9 Å². The Morgan fingerprint density at radius 1 is 1.38 bits per heavy atom. The Kier molecular flexibility index (Phi) is 4.59. The first kappa shape index (κ1) is 13.3. The van der Waals surface area contributed by atoms with Crippen molar-refractivity contribution in [3.63, 3.8) is 0 Å². The van der Waals surface area contributed by atoms with Gasteiger partial charge >= 0.3 is 0 Å². The van der Waals surface area contributed by atoms with Gasteiger partial charge in [0.2, 0.25) is 0 Å². The van der Waals surface area contributed by atoms with Crippen LogP contribution in [0.2, 0.25) is 5.02 Å². The van der Waals surface area contributed by atoms with Crippen molar-refractivity contribution >= 4 is 11.6 Å². The number of rotatable bonds is 5. The second-order valence-electron chi connectivity index (χ2n) is 3.86. The third kappa shape index (κ3) is 3.11. The topological polar surface area (TPSA) is 38.7 Å². The Bertz CT molecular complexity index is 350. The number of aliphatic hydroxyl groups is 1. The fourth-order valence-corrected chi connectivity index (χ4v) is 1.71. The zero-order valence-electron chi connectivity index (χ0n) is 9.79. The van der Waals surface area contributed by atoms with E-state index in [-0.39, 0.29) is 0 Å². The normalized spacial score (nSPS) is 14.6. The van der Waals surface area contributed by atoms with Gasteiger partial charge in [-0.3, -0.25) is 0 Å². The highest BCUT2D eigenvalue weighted by molar-refractivity contribution is 6.30. The monoisotopic (exact) mass is 244 g/mol. The maximum atomic E-state index is 10.3. The van der Waals surface area contributed by atoms with E-state index in [1.165, 1.54) is 0 Å². The molecule has 0 aliphatic rings. The van der Waals surface area contributed by atoms with Gasteiger partial charge in [-0.25, -0.2) is 0 Å². The summed E-state index contributed by atoms with van der Waals surface area (Å²) in [6, 6.07) is 5.20. The fourth-order valence-electron chi connectivity index (χ4n) is 1.54. The molecule has 0 radical (unpaired) electrons. The van der Waals surface area contributed by atoms with Gasteiger partial charge in [0.05, 0.1) is 12.7 Å². The van der Waals surface area contributed by atoms with Crippen LogP contribution in [0.25, 0.3) is 0 Å². The zero-order chi connectivity index (χ0) is 12.2. The SMILES string of the molecule is COCCC(C)(O)c1cc(Cl)ccc1OC. The molecule has 0 saturated carbocycles. The van der Waals surface area contributed by atoms with Crippen molar-refractivity contribution in [2.45, 2.75) is 18.9 Å². The minimum absolute atomic E-state index is 0.475. The first-order valence-corrected chi connectivity index (χ1v) is 5.44. The molecule has 1 atom stereocenters. The summed E-state index contributed by atoms with van der Waals surface area (Å²) < 4.78 is 10.2. The van der Waals surface area contributed by atoms with Gasteiger partial charge in [0, 0.05) is 30.7 Å². The summed E-state index contributed by atoms with van der Waals surface area (Å²) in [4.78, 5) is 0. The van der Waals surface area contributed by atoms with Crippen LogP contribution < -0.4 is 4.74 Å². The lowest BCUT2D eigenvalue weighted by atomic mass is 9.92. The van der Waals surface area contributed by atoms with Gasteiger partial charge in [0.1, 0.15) is 5.75 Å². The van der Waals surface area contributed by atoms with Crippen molar-refractivity contribution in [1.29, 1.82) is 0 Å². The van der Waals surface area contributed by atoms with Crippen LogP contribution >= 0.6 is 11.6 Å². The van der Waals surface area contributed by atoms with Crippen LogP contribution in [0.3, 0.4) is 0 Å². The molecule has 3 nitrogen and oxygen atoms in total. The average Bonchev–Trinajstić information content (AvgIpc) is 2.26. The molecule has 0 heterocycles. The molecule has 1 rings (SSSR count). The van der Waals surface area contributed by atoms with Crippen LogP contribution in [-0.4, -0.2) is 25.9 Å². The van der Waals surface area contributed by atoms with Crippen molar-refractivity contribution in [2.24, 2.45) is 0 Å². The summed E-state index contributed by atoms with van der Waals surface area (Å²) in [5, 5.41) is 10.9. The molecule has 1 N–H and O–H groups in total. The minimum Gasteiger partial charge on any atom is -0.496 e. The average molecular weight is 245 g/mol. The van der Waals surface area contributed by atoms with Crippen LogP contribution in [0.15, 0.2) is 18.2 Å². The first-order chi connectivity index (χ1) is 7.51. The van der Waals surface area contributed by atoms with E-state index in [4.69, 9.17) is 21.1 Å². The highest BCUT2D eigenvalue weighted by atomic mass is 35.5. The van der Waals surface area contributed by atoms with Crippen LogP contribution in [0.5, 0.6) is 5.75 Å². The lowest BCUT2D eigenvalue weighted by Crippen LogP contribution is -2.23. The van der Waals surface area contributed by atoms with E-state index in [1.54, 1.807) is 39.3 Å². The van der Waals surface area contributed by atoms with Crippen molar-refractivity contribution < 1.29 is 14.6 Å². The van der Waals surface area contributed by atoms with Crippen molar-refractivity contribution in [1.82, 2.24) is 0 Å². The Balaban J connectivity index is 3.04. The second kappa shape index (κ2) is 5.53. The smallest absolute Gasteiger partial charge is 0.125 e. The standard InChI is InChI=1S/C12H17ClO3/c1-12(14,6-7-15-2)10-8-9(13)4-5-11(10)16-3/h4-5,8,14H,6-7H2,1-3H3. The zero-order valence-corrected chi connectivity index (χ0v) is 10.5. The lowest BCUT2D eigenvalue weighted by Gasteiger charge is -2.25. The largest absolute Gasteiger partial charge is 0.496 e. The molecule has 0 amide bonds. The molecular formula is C12H17ClO3. The predicted molar refractivity (Wildman–Crippen MR) is 64.1 cm³/mol. The van der Waals surface area contributed by atoms with E-state index in [0.29, 0.717) is 29.4 Å². The molecule has 1 aromatic rings. The molecule has 0 aliphatic heterocycles. The van der Waals surface area contributed by atoms with Crippen molar-refractivity contribution in [2.75, 3.05) is 20.8 Å². The summed E-state index contributed by atoms with van der Waals surface area (Å²) in [6.07, 6.45) is 0.486. The molecule has 0 spiro atoms. The molecule has 0 saturated heterocycles. The van der Waals surface area contributed by atoms with Crippen LogP contribution in [-0.2, 0) is 10.3 Å². The molecule has 16 heavy (non-hydrogen) atoms. The molecule has 0 aromatic heterocycles. The molecule has 4 heteroatoms. The van der Waals surface area contributed by atoms with E-state index >= 15 is 0 Å². The van der Waals surface area contributed by atoms with E-state index in [1.807, 2.05) is 0 Å². The summed E-state index contributed by atoms with van der Waals surface area (Å²) in [5.74, 6) is 0.630. The Morgan fingerprint density at radius 3 is 2.62 bits per heavy atom. The van der Waals surface area contributed by atoms with Gasteiger partial charge in [0.15, 0.2) is 0 Å². The number of hydrogen-bond acceptors (Lipinski definition) is 3. The highest BCUT2D eigenvalue weighted by Crippen LogP contribution is 2.34. The predicted octanol–water partition coefficient (Wildman–Crippen LogP) is 2.59. The molecular weight excluding hydrogens is 228 g/mol. The van der Waals surface area contributed by atoms with Gasteiger partial charge < -0.3 is 14.6 Å². The molecule has 90 valence electrons. The highest BCUT2D eigenvalue weighted by Gasteiger charge is 2.26. The van der Waals surface area contributed by atoms with Crippen LogP contribution in [0.4, 0.5) is 0 Å². The number of benzene rings is 1. The molecule has 0 aliphatic carbocycles. The number of halogens is 1. The maximum absolute atomic E-state index is 10.3. The van der Waals surface area contributed by atoms with Gasteiger partial charge in [-0.2, -0.15) is 0 Å². The number of ether oxygens (including phenoxy) is 2. The third-order valence-electron chi connectivity index (χ3n) is 2.53. The van der Waals surface area contributed by atoms with Gasteiger partial charge in [-0.1, -0.05) is 11.6 Å². The third-order valence-corrected chi connectivity index (χ3v) is 2.77. The quantitative estimate of drug-likeness (QED) is 0.865. The summed E-state index contributed by atoms with van der Waals surface area (Å²) in [5.41, 5.74) is -0.328. The van der Waals surface area contributed by atoms with Crippen molar-refractivity contribution in [3.05, 3.63) is 28.8 Å². The maximum Gasteiger partial charge on any atom is 0.125 e.